The predicted molar refractivity (Wildman–Crippen MR) is 85.1 cm³/mol. The molecule has 4 aliphatic rings. The third-order valence-electron chi connectivity index (χ3n) is 8.01. The van der Waals surface area contributed by atoms with Crippen LogP contribution in [0.5, 0.6) is 0 Å². The van der Waals surface area contributed by atoms with Crippen LogP contribution in [0.2, 0.25) is 0 Å². The molecule has 3 fully saturated rings. The molecule has 0 aliphatic heterocycles. The second-order valence-corrected chi connectivity index (χ2v) is 8.64. The van der Waals surface area contributed by atoms with Crippen LogP contribution in [0.25, 0.3) is 0 Å². The van der Waals surface area contributed by atoms with Crippen molar-refractivity contribution in [3.8, 4) is 0 Å². The first-order chi connectivity index (χ1) is 10.3. The van der Waals surface area contributed by atoms with Crippen molar-refractivity contribution in [2.45, 2.75) is 70.8 Å². The van der Waals surface area contributed by atoms with E-state index in [0.717, 1.165) is 44.9 Å². The molecule has 4 aliphatic carbocycles. The molecular formula is C19H27NO2. The van der Waals surface area contributed by atoms with Crippen molar-refractivity contribution in [1.82, 2.24) is 0 Å². The number of carbonyl (C=O) groups excluding carboxylic acids is 2. The van der Waals surface area contributed by atoms with Crippen LogP contribution in [0.3, 0.4) is 0 Å². The van der Waals surface area contributed by atoms with Gasteiger partial charge in [0.15, 0.2) is 5.78 Å². The Labute approximate surface area is 132 Å². The molecule has 0 saturated heterocycles. The zero-order valence-corrected chi connectivity index (χ0v) is 13.8. The lowest BCUT2D eigenvalue weighted by Gasteiger charge is -2.63. The molecule has 0 heterocycles. The first-order valence-corrected chi connectivity index (χ1v) is 8.87. The van der Waals surface area contributed by atoms with Crippen molar-refractivity contribution in [1.29, 1.82) is 0 Å². The molecule has 0 aromatic heterocycles. The summed E-state index contributed by atoms with van der Waals surface area (Å²) in [6, 6.07) is 0. The number of hydrogen-bond acceptors (Lipinski definition) is 3. The van der Waals surface area contributed by atoms with E-state index >= 15 is 0 Å². The lowest BCUT2D eigenvalue weighted by atomic mass is 9.44. The largest absolute Gasteiger partial charge is 0.324 e. The highest BCUT2D eigenvalue weighted by molar-refractivity contribution is 5.92. The van der Waals surface area contributed by atoms with Crippen LogP contribution in [0.15, 0.2) is 11.6 Å². The molecule has 0 bridgehead atoms. The highest BCUT2D eigenvalue weighted by Crippen LogP contribution is 2.65. The number of fused-ring (bicyclic) bond motifs is 5. The van der Waals surface area contributed by atoms with Crippen LogP contribution in [0, 0.1) is 22.7 Å². The van der Waals surface area contributed by atoms with Crippen molar-refractivity contribution >= 4 is 11.6 Å². The fourth-order valence-electron chi connectivity index (χ4n) is 6.37. The van der Waals surface area contributed by atoms with Crippen molar-refractivity contribution < 1.29 is 9.59 Å². The third kappa shape index (κ3) is 1.56. The molecule has 3 heteroatoms. The maximum absolute atomic E-state index is 12.4. The van der Waals surface area contributed by atoms with Gasteiger partial charge in [0.2, 0.25) is 0 Å². The van der Waals surface area contributed by atoms with E-state index in [4.69, 9.17) is 5.73 Å². The predicted octanol–water partition coefficient (Wildman–Crippen LogP) is 3.17. The highest BCUT2D eigenvalue weighted by atomic mass is 16.1. The number of ketones is 2. The molecule has 22 heavy (non-hydrogen) atoms. The summed E-state index contributed by atoms with van der Waals surface area (Å²) in [6.45, 7) is 4.47. The molecule has 0 spiro atoms. The topological polar surface area (TPSA) is 60.2 Å². The fourth-order valence-corrected chi connectivity index (χ4v) is 6.37. The summed E-state index contributed by atoms with van der Waals surface area (Å²) in [5.41, 5.74) is 7.98. The van der Waals surface area contributed by atoms with Gasteiger partial charge in [0.1, 0.15) is 5.78 Å². The Morgan fingerprint density at radius 3 is 2.50 bits per heavy atom. The van der Waals surface area contributed by atoms with Crippen LogP contribution in [0.1, 0.15) is 65.2 Å². The molecule has 3 unspecified atom stereocenters. The van der Waals surface area contributed by atoms with Gasteiger partial charge in [-0.3, -0.25) is 9.59 Å². The molecule has 3 nitrogen and oxygen atoms in total. The van der Waals surface area contributed by atoms with Crippen LogP contribution < -0.4 is 5.73 Å². The number of rotatable bonds is 0. The summed E-state index contributed by atoms with van der Waals surface area (Å²) in [4.78, 5) is 24.3. The van der Waals surface area contributed by atoms with Gasteiger partial charge in [-0.2, -0.15) is 0 Å². The van der Waals surface area contributed by atoms with Crippen molar-refractivity contribution in [2.75, 3.05) is 0 Å². The zero-order valence-electron chi connectivity index (χ0n) is 13.8. The average Bonchev–Trinajstić information content (AvgIpc) is 2.77. The molecule has 3 saturated carbocycles. The third-order valence-corrected chi connectivity index (χ3v) is 8.01. The van der Waals surface area contributed by atoms with Crippen molar-refractivity contribution in [3.05, 3.63) is 11.6 Å². The molecule has 0 aromatic carbocycles. The molecule has 0 amide bonds. The van der Waals surface area contributed by atoms with Crippen LogP contribution in [0.4, 0.5) is 0 Å². The summed E-state index contributed by atoms with van der Waals surface area (Å²) in [5.74, 6) is 1.62. The lowest BCUT2D eigenvalue weighted by Crippen LogP contribution is -2.68. The van der Waals surface area contributed by atoms with Gasteiger partial charge in [-0.25, -0.2) is 0 Å². The van der Waals surface area contributed by atoms with Gasteiger partial charge >= 0.3 is 0 Å². The molecule has 120 valence electrons. The van der Waals surface area contributed by atoms with Crippen molar-refractivity contribution in [3.63, 3.8) is 0 Å². The molecular weight excluding hydrogens is 274 g/mol. The summed E-state index contributed by atoms with van der Waals surface area (Å²) in [7, 11) is 0. The van der Waals surface area contributed by atoms with Gasteiger partial charge in [0.25, 0.3) is 0 Å². The fraction of sp³-hybridized carbons (Fsp3) is 0.789. The van der Waals surface area contributed by atoms with E-state index in [1.54, 1.807) is 0 Å². The molecule has 2 N–H and O–H groups in total. The van der Waals surface area contributed by atoms with E-state index in [1.165, 1.54) is 5.57 Å². The van der Waals surface area contributed by atoms with Crippen LogP contribution in [-0.2, 0) is 9.59 Å². The average molecular weight is 301 g/mol. The summed E-state index contributed by atoms with van der Waals surface area (Å²) in [5, 5.41) is 0. The second kappa shape index (κ2) is 4.31. The highest BCUT2D eigenvalue weighted by Gasteiger charge is 2.64. The Bertz CT molecular complexity index is 594. The molecule has 4 rings (SSSR count). The van der Waals surface area contributed by atoms with Crippen molar-refractivity contribution in [2.24, 2.45) is 28.4 Å². The minimum absolute atomic E-state index is 0.0448. The number of hydrogen-bond donors (Lipinski definition) is 1. The maximum Gasteiger partial charge on any atom is 0.155 e. The number of carbonyl (C=O) groups is 2. The van der Waals surface area contributed by atoms with Gasteiger partial charge < -0.3 is 5.73 Å². The smallest absolute Gasteiger partial charge is 0.155 e. The van der Waals surface area contributed by atoms with Crippen LogP contribution in [-0.4, -0.2) is 17.1 Å². The first kappa shape index (κ1) is 14.6. The number of Topliss-reactive ketones (excluding diaryl/α,β-unsaturated/α-hetero) is 1. The van der Waals surface area contributed by atoms with Gasteiger partial charge in [0, 0.05) is 29.2 Å². The second-order valence-electron chi connectivity index (χ2n) is 8.64. The Balaban J connectivity index is 1.78. The SMILES string of the molecule is CC12CC[C@@]3(N)C(CCC4=CC(=O)CCC43C)[C@@H]1CCC2=O. The molecule has 0 radical (unpaired) electrons. The quantitative estimate of drug-likeness (QED) is 0.747. The summed E-state index contributed by atoms with van der Waals surface area (Å²) < 4.78 is 0. The Morgan fingerprint density at radius 2 is 1.73 bits per heavy atom. The summed E-state index contributed by atoms with van der Waals surface area (Å²) in [6.07, 6.45) is 9.08. The minimum Gasteiger partial charge on any atom is -0.324 e. The van der Waals surface area contributed by atoms with E-state index in [1.807, 2.05) is 6.08 Å². The van der Waals surface area contributed by atoms with E-state index in [2.05, 4.69) is 13.8 Å². The first-order valence-electron chi connectivity index (χ1n) is 8.87. The van der Waals surface area contributed by atoms with Gasteiger partial charge in [-0.1, -0.05) is 19.4 Å². The van der Waals surface area contributed by atoms with Gasteiger partial charge in [-0.15, -0.1) is 0 Å². The van der Waals surface area contributed by atoms with E-state index in [0.29, 0.717) is 24.0 Å². The Morgan fingerprint density at radius 1 is 1.00 bits per heavy atom. The minimum atomic E-state index is -0.230. The molecule has 5 atom stereocenters. The van der Waals surface area contributed by atoms with E-state index in [-0.39, 0.29) is 22.2 Å². The lowest BCUT2D eigenvalue weighted by molar-refractivity contribution is -0.134. The Kier molecular flexibility index (Phi) is 2.87. The normalized spacial score (nSPS) is 51.0. The maximum atomic E-state index is 12.4. The van der Waals surface area contributed by atoms with Crippen LogP contribution >= 0.6 is 0 Å². The van der Waals surface area contributed by atoms with Gasteiger partial charge in [-0.05, 0) is 56.4 Å². The summed E-state index contributed by atoms with van der Waals surface area (Å²) >= 11 is 0. The number of nitrogens with two attached hydrogens (primary N) is 1. The standard InChI is InChI=1S/C19H27NO2/c1-17-9-10-19(20)15(14(17)5-6-16(17)22)4-3-12-11-13(21)7-8-18(12,19)2/h11,14-15H,3-10,20H2,1-2H3/t14-,15?,17?,18?,19+/m0/s1. The zero-order chi connectivity index (χ0) is 15.8. The van der Waals surface area contributed by atoms with Gasteiger partial charge in [0.05, 0.1) is 0 Å². The Hall–Kier alpha value is -0.960. The monoisotopic (exact) mass is 301 g/mol. The molecule has 0 aromatic rings. The van der Waals surface area contributed by atoms with E-state index in [9.17, 15) is 9.59 Å². The van der Waals surface area contributed by atoms with E-state index < -0.39 is 0 Å².